The predicted octanol–water partition coefficient (Wildman–Crippen LogP) is 4.36. The Kier molecular flexibility index (Phi) is 5.10. The van der Waals surface area contributed by atoms with Crippen LogP contribution >= 0.6 is 0 Å². The van der Waals surface area contributed by atoms with Crippen LogP contribution in [0.2, 0.25) is 0 Å². The fourth-order valence-electron chi connectivity index (χ4n) is 6.75. The van der Waals surface area contributed by atoms with Crippen LogP contribution in [-0.2, 0) is 15.0 Å². The molecule has 2 heterocycles. The summed E-state index contributed by atoms with van der Waals surface area (Å²) < 4.78 is 0. The molecular formula is C32H24N4O3. The highest BCUT2D eigenvalue weighted by Gasteiger charge is 2.68. The molecule has 3 aromatic carbocycles. The highest BCUT2D eigenvalue weighted by atomic mass is 16.2. The van der Waals surface area contributed by atoms with Gasteiger partial charge in [0.2, 0.25) is 11.8 Å². The number of nitrogens with zero attached hydrogens (tertiary/aromatic N) is 3. The summed E-state index contributed by atoms with van der Waals surface area (Å²) in [5.41, 5.74) is 7.44. The van der Waals surface area contributed by atoms with E-state index in [4.69, 9.17) is 0 Å². The first kappa shape index (κ1) is 23.2. The Hall–Kier alpha value is -4.91. The summed E-state index contributed by atoms with van der Waals surface area (Å²) in [5.74, 6) is -2.43. The normalized spacial score (nSPS) is 24.4. The van der Waals surface area contributed by atoms with Crippen molar-refractivity contribution in [2.75, 3.05) is 4.90 Å². The first-order valence-electron chi connectivity index (χ1n) is 12.9. The molecule has 2 atom stereocenters. The van der Waals surface area contributed by atoms with Crippen LogP contribution in [0.25, 0.3) is 0 Å². The molecule has 1 N–H and O–H groups in total. The quantitative estimate of drug-likeness (QED) is 0.250. The van der Waals surface area contributed by atoms with Gasteiger partial charge in [0.15, 0.2) is 0 Å². The monoisotopic (exact) mass is 512 g/mol. The number of rotatable bonds is 4. The van der Waals surface area contributed by atoms with Crippen molar-refractivity contribution >= 4 is 29.6 Å². The molecule has 1 aromatic heterocycles. The molecule has 2 bridgehead atoms. The second-order valence-corrected chi connectivity index (χ2v) is 10.3. The molecule has 8 rings (SSSR count). The average Bonchev–Trinajstić information content (AvgIpc) is 3.25. The van der Waals surface area contributed by atoms with Gasteiger partial charge in [-0.15, -0.1) is 0 Å². The van der Waals surface area contributed by atoms with Crippen LogP contribution in [0, 0.1) is 18.8 Å². The van der Waals surface area contributed by atoms with Gasteiger partial charge in [0.05, 0.1) is 28.5 Å². The molecule has 0 saturated carbocycles. The summed E-state index contributed by atoms with van der Waals surface area (Å²) in [6.45, 7) is 1.97. The lowest BCUT2D eigenvalue weighted by atomic mass is 9.47. The van der Waals surface area contributed by atoms with Crippen molar-refractivity contribution in [2.24, 2.45) is 16.9 Å². The van der Waals surface area contributed by atoms with Crippen molar-refractivity contribution in [3.05, 3.63) is 131 Å². The molecule has 7 heteroatoms. The molecule has 4 aliphatic rings. The van der Waals surface area contributed by atoms with Crippen LogP contribution < -0.4 is 10.3 Å². The van der Waals surface area contributed by atoms with E-state index in [9.17, 15) is 14.4 Å². The van der Waals surface area contributed by atoms with Crippen molar-refractivity contribution in [1.29, 1.82) is 0 Å². The van der Waals surface area contributed by atoms with Gasteiger partial charge in [-0.3, -0.25) is 19.4 Å². The number of hydrazone groups is 1. The number of hydrogen-bond acceptors (Lipinski definition) is 5. The van der Waals surface area contributed by atoms with Gasteiger partial charge in [-0.2, -0.15) is 5.10 Å². The van der Waals surface area contributed by atoms with Gasteiger partial charge in [0.1, 0.15) is 0 Å². The van der Waals surface area contributed by atoms with Crippen LogP contribution in [0.1, 0.15) is 44.1 Å². The molecule has 0 spiro atoms. The van der Waals surface area contributed by atoms with Gasteiger partial charge >= 0.3 is 0 Å². The first-order chi connectivity index (χ1) is 19.0. The van der Waals surface area contributed by atoms with Gasteiger partial charge in [-0.25, -0.2) is 10.3 Å². The van der Waals surface area contributed by atoms with E-state index in [2.05, 4.69) is 15.5 Å². The molecule has 0 radical (unpaired) electrons. The van der Waals surface area contributed by atoms with Gasteiger partial charge in [-0.05, 0) is 53.4 Å². The van der Waals surface area contributed by atoms with E-state index in [0.717, 1.165) is 27.8 Å². The van der Waals surface area contributed by atoms with E-state index in [0.29, 0.717) is 11.3 Å². The molecule has 4 aromatic rings. The van der Waals surface area contributed by atoms with E-state index >= 15 is 0 Å². The summed E-state index contributed by atoms with van der Waals surface area (Å²) in [5, 5.41) is 4.43. The zero-order valence-corrected chi connectivity index (χ0v) is 21.1. The maximum absolute atomic E-state index is 14.3. The number of pyridine rings is 1. The second kappa shape index (κ2) is 8.56. The fourth-order valence-corrected chi connectivity index (χ4v) is 6.75. The first-order valence-corrected chi connectivity index (χ1v) is 12.9. The molecule has 3 aliphatic carbocycles. The van der Waals surface area contributed by atoms with Gasteiger partial charge in [0, 0.05) is 24.5 Å². The van der Waals surface area contributed by atoms with E-state index in [1.54, 1.807) is 24.5 Å². The second-order valence-electron chi connectivity index (χ2n) is 10.3. The van der Waals surface area contributed by atoms with Crippen molar-refractivity contribution in [3.8, 4) is 0 Å². The zero-order valence-electron chi connectivity index (χ0n) is 21.1. The summed E-state index contributed by atoms with van der Waals surface area (Å²) in [4.78, 5) is 46.6. The number of carbonyl (C=O) groups excluding carboxylic acids is 3. The Balaban J connectivity index is 1.41. The van der Waals surface area contributed by atoms with Crippen molar-refractivity contribution in [2.45, 2.75) is 18.3 Å². The Labute approximate surface area is 225 Å². The van der Waals surface area contributed by atoms with Gasteiger partial charge < -0.3 is 0 Å². The molecule has 1 aliphatic heterocycles. The lowest BCUT2D eigenvalue weighted by Gasteiger charge is -2.52. The standard InChI is InChI=1S/C32H24N4O3/c1-19-12-14-21(15-13-19)36-30(38)27-26-22-8-2-4-10-24(22)32(28(27)31(36)39,25-11-5-3-9-23(25)26)18-34-35-29(37)20-7-6-16-33-17-20/h2-18,26-28H,1H3,(H,35,37)/b34-18+/t26?,27-,28+,32?/m1/s1. The number of carbonyl (C=O) groups is 3. The Morgan fingerprint density at radius 2 is 1.56 bits per heavy atom. The van der Waals surface area contributed by atoms with Crippen molar-refractivity contribution in [3.63, 3.8) is 0 Å². The topological polar surface area (TPSA) is 91.7 Å². The fraction of sp³-hybridized carbons (Fsp3) is 0.156. The number of anilines is 1. The van der Waals surface area contributed by atoms with Crippen molar-refractivity contribution < 1.29 is 14.4 Å². The molecular weight excluding hydrogens is 488 g/mol. The smallest absolute Gasteiger partial charge is 0.272 e. The summed E-state index contributed by atoms with van der Waals surface area (Å²) >= 11 is 0. The maximum atomic E-state index is 14.3. The molecule has 1 fully saturated rings. The Morgan fingerprint density at radius 1 is 0.897 bits per heavy atom. The number of nitrogens with one attached hydrogen (secondary N) is 1. The highest BCUT2D eigenvalue weighted by molar-refractivity contribution is 6.25. The Bertz CT molecular complexity index is 1630. The average molecular weight is 513 g/mol. The third kappa shape index (κ3) is 3.19. The van der Waals surface area contributed by atoms with Gasteiger partial charge in [0.25, 0.3) is 5.91 Å². The molecule has 190 valence electrons. The predicted molar refractivity (Wildman–Crippen MR) is 146 cm³/mol. The maximum Gasteiger partial charge on any atom is 0.272 e. The largest absolute Gasteiger partial charge is 0.274 e. The Morgan fingerprint density at radius 3 is 2.21 bits per heavy atom. The highest BCUT2D eigenvalue weighted by Crippen LogP contribution is 2.63. The van der Waals surface area contributed by atoms with Crippen LogP contribution in [-0.4, -0.2) is 28.9 Å². The lowest BCUT2D eigenvalue weighted by Crippen LogP contribution is -2.54. The minimum Gasteiger partial charge on any atom is -0.274 e. The summed E-state index contributed by atoms with van der Waals surface area (Å²) in [6, 6.07) is 26.7. The van der Waals surface area contributed by atoms with E-state index in [-0.39, 0.29) is 17.7 Å². The number of hydrogen-bond donors (Lipinski definition) is 1. The van der Waals surface area contributed by atoms with Crippen LogP contribution in [0.5, 0.6) is 0 Å². The van der Waals surface area contributed by atoms with E-state index in [1.165, 1.54) is 11.1 Å². The number of amides is 3. The number of benzene rings is 3. The van der Waals surface area contributed by atoms with Crippen LogP contribution in [0.15, 0.2) is 102 Å². The minimum atomic E-state index is -1.04. The number of imide groups is 1. The molecule has 1 saturated heterocycles. The van der Waals surface area contributed by atoms with Crippen LogP contribution in [0.3, 0.4) is 0 Å². The minimum absolute atomic E-state index is 0.208. The number of aromatic nitrogens is 1. The summed E-state index contributed by atoms with van der Waals surface area (Å²) in [6.07, 6.45) is 4.72. The molecule has 0 unspecified atom stereocenters. The van der Waals surface area contributed by atoms with Gasteiger partial charge in [-0.1, -0.05) is 66.2 Å². The summed E-state index contributed by atoms with van der Waals surface area (Å²) in [7, 11) is 0. The SMILES string of the molecule is Cc1ccc(N2C(=O)[C@@H]3C4c5ccccc5C(/C=N/NC(=O)c5cccnc5)(c5ccccc54)[C@@H]3C2=O)cc1. The third-order valence-electron chi connectivity index (χ3n) is 8.33. The lowest BCUT2D eigenvalue weighted by molar-refractivity contribution is -0.122. The zero-order chi connectivity index (χ0) is 26.7. The van der Waals surface area contributed by atoms with E-state index < -0.39 is 23.2 Å². The van der Waals surface area contributed by atoms with Crippen LogP contribution in [0.4, 0.5) is 5.69 Å². The molecule has 3 amide bonds. The molecule has 7 nitrogen and oxygen atoms in total. The van der Waals surface area contributed by atoms with E-state index in [1.807, 2.05) is 79.7 Å². The molecule has 39 heavy (non-hydrogen) atoms. The number of aryl methyl sites for hydroxylation is 1. The third-order valence-corrected chi connectivity index (χ3v) is 8.33. The van der Waals surface area contributed by atoms with Crippen molar-refractivity contribution in [1.82, 2.24) is 10.4 Å².